The van der Waals surface area contributed by atoms with E-state index in [1.165, 1.54) is 30.7 Å². The number of benzene rings is 2. The Morgan fingerprint density at radius 1 is 1.11 bits per heavy atom. The summed E-state index contributed by atoms with van der Waals surface area (Å²) in [5.41, 5.74) is 1.32. The van der Waals surface area contributed by atoms with Crippen molar-refractivity contribution in [3.05, 3.63) is 59.9 Å². The number of anilines is 2. The summed E-state index contributed by atoms with van der Waals surface area (Å²) in [6.07, 6.45) is 2.30. The molecule has 5 nitrogen and oxygen atoms in total. The Hall–Kier alpha value is -2.73. The van der Waals surface area contributed by atoms with E-state index in [1.54, 1.807) is 24.3 Å². The molecule has 0 spiro atoms. The number of hydrogen-bond donors (Lipinski definition) is 2. The molecule has 27 heavy (non-hydrogen) atoms. The van der Waals surface area contributed by atoms with Crippen molar-refractivity contribution in [3.8, 4) is 0 Å². The van der Waals surface area contributed by atoms with Gasteiger partial charge in [-0.3, -0.25) is 14.5 Å². The van der Waals surface area contributed by atoms with Crippen LogP contribution in [0.15, 0.2) is 48.5 Å². The monoisotopic (exact) mass is 369 g/mol. The molecule has 1 aliphatic heterocycles. The molecule has 0 aliphatic carbocycles. The zero-order valence-electron chi connectivity index (χ0n) is 15.4. The van der Waals surface area contributed by atoms with E-state index in [1.807, 2.05) is 0 Å². The third-order valence-electron chi connectivity index (χ3n) is 4.66. The van der Waals surface area contributed by atoms with Crippen molar-refractivity contribution in [3.63, 3.8) is 0 Å². The fourth-order valence-corrected chi connectivity index (χ4v) is 3.34. The largest absolute Gasteiger partial charge is 0.324 e. The maximum Gasteiger partial charge on any atom is 0.257 e. The maximum atomic E-state index is 13.0. The first-order valence-corrected chi connectivity index (χ1v) is 9.19. The molecule has 6 heteroatoms. The number of rotatable bonds is 5. The van der Waals surface area contributed by atoms with Gasteiger partial charge in [0.15, 0.2) is 0 Å². The number of hydrogen-bond acceptors (Lipinski definition) is 3. The van der Waals surface area contributed by atoms with Crippen LogP contribution in [0.2, 0.25) is 0 Å². The molecule has 2 N–H and O–H groups in total. The molecule has 0 radical (unpaired) electrons. The number of carbonyl (C=O) groups is 2. The molecule has 2 aromatic carbocycles. The van der Waals surface area contributed by atoms with Crippen LogP contribution >= 0.6 is 0 Å². The van der Waals surface area contributed by atoms with Crippen LogP contribution in [-0.2, 0) is 4.79 Å². The number of nitrogens with one attached hydrogen (secondary N) is 2. The minimum Gasteiger partial charge on any atom is -0.324 e. The first kappa shape index (κ1) is 19.0. The van der Waals surface area contributed by atoms with Gasteiger partial charge in [-0.2, -0.15) is 0 Å². The molecule has 142 valence electrons. The van der Waals surface area contributed by atoms with Crippen molar-refractivity contribution in [2.24, 2.45) is 5.92 Å². The molecule has 1 saturated heterocycles. The first-order chi connectivity index (χ1) is 13.0. The number of piperidine rings is 1. The highest BCUT2D eigenvalue weighted by Crippen LogP contribution is 2.19. The number of halogens is 1. The van der Waals surface area contributed by atoms with Crippen LogP contribution in [0.3, 0.4) is 0 Å². The molecule has 3 rings (SSSR count). The highest BCUT2D eigenvalue weighted by Gasteiger charge is 2.19. The lowest BCUT2D eigenvalue weighted by Gasteiger charge is -2.30. The van der Waals surface area contributed by atoms with Gasteiger partial charge in [-0.25, -0.2) is 4.39 Å². The van der Waals surface area contributed by atoms with Crippen molar-refractivity contribution in [2.45, 2.75) is 19.8 Å². The van der Waals surface area contributed by atoms with Gasteiger partial charge in [-0.15, -0.1) is 0 Å². The van der Waals surface area contributed by atoms with Crippen LogP contribution in [0.5, 0.6) is 0 Å². The van der Waals surface area contributed by atoms with Crippen LogP contribution in [0.4, 0.5) is 15.8 Å². The Labute approximate surface area is 158 Å². The molecule has 0 bridgehead atoms. The quantitative estimate of drug-likeness (QED) is 0.844. The van der Waals surface area contributed by atoms with E-state index in [9.17, 15) is 14.0 Å². The Morgan fingerprint density at radius 3 is 2.59 bits per heavy atom. The number of amides is 2. The highest BCUT2D eigenvalue weighted by atomic mass is 19.1. The summed E-state index contributed by atoms with van der Waals surface area (Å²) in [7, 11) is 0. The van der Waals surface area contributed by atoms with Crippen molar-refractivity contribution in [1.29, 1.82) is 0 Å². The summed E-state index contributed by atoms with van der Waals surface area (Å²) < 4.78 is 13.0. The molecular formula is C21H24FN3O2. The third kappa shape index (κ3) is 5.37. The van der Waals surface area contributed by atoms with Gasteiger partial charge >= 0.3 is 0 Å². The van der Waals surface area contributed by atoms with E-state index in [0.717, 1.165) is 19.5 Å². The summed E-state index contributed by atoms with van der Waals surface area (Å²) in [6, 6.07) is 12.4. The Bertz CT molecular complexity index is 807. The van der Waals surface area contributed by atoms with E-state index in [0.29, 0.717) is 29.4 Å². The maximum absolute atomic E-state index is 13.0. The molecule has 1 atom stereocenters. The average molecular weight is 369 g/mol. The molecule has 0 aromatic heterocycles. The second kappa shape index (κ2) is 8.77. The Morgan fingerprint density at radius 2 is 1.85 bits per heavy atom. The molecule has 0 saturated carbocycles. The third-order valence-corrected chi connectivity index (χ3v) is 4.66. The van der Waals surface area contributed by atoms with Gasteiger partial charge in [0.25, 0.3) is 5.91 Å². The molecular weight excluding hydrogens is 345 g/mol. The average Bonchev–Trinajstić information content (AvgIpc) is 2.64. The topological polar surface area (TPSA) is 61.4 Å². The van der Waals surface area contributed by atoms with Gasteiger partial charge in [-0.1, -0.05) is 19.1 Å². The molecule has 2 aromatic rings. The fourth-order valence-electron chi connectivity index (χ4n) is 3.34. The summed E-state index contributed by atoms with van der Waals surface area (Å²) >= 11 is 0. The van der Waals surface area contributed by atoms with E-state index in [2.05, 4.69) is 22.5 Å². The molecule has 0 unspecified atom stereocenters. The van der Waals surface area contributed by atoms with Crippen molar-refractivity contribution in [2.75, 3.05) is 30.3 Å². The van der Waals surface area contributed by atoms with Crippen molar-refractivity contribution < 1.29 is 14.0 Å². The predicted molar refractivity (Wildman–Crippen MR) is 104 cm³/mol. The fraction of sp³-hybridized carbons (Fsp3) is 0.333. The summed E-state index contributed by atoms with van der Waals surface area (Å²) in [4.78, 5) is 27.1. The summed E-state index contributed by atoms with van der Waals surface area (Å²) in [5, 5.41) is 5.57. The van der Waals surface area contributed by atoms with Gasteiger partial charge in [0.05, 0.1) is 17.8 Å². The standard InChI is InChI=1S/C21H24FN3O2/c1-15-5-4-12-25(13-15)14-20(26)24-19-7-3-2-6-18(19)21(27)23-17-10-8-16(22)9-11-17/h2-3,6-11,15H,4-5,12-14H2,1H3,(H,23,27)(H,24,26)/t15-/m0/s1. The van der Waals surface area contributed by atoms with Crippen LogP contribution in [0.25, 0.3) is 0 Å². The number of carbonyl (C=O) groups excluding carboxylic acids is 2. The summed E-state index contributed by atoms with van der Waals surface area (Å²) in [6.45, 7) is 4.35. The lowest BCUT2D eigenvalue weighted by atomic mass is 10.0. The van der Waals surface area contributed by atoms with E-state index in [-0.39, 0.29) is 17.6 Å². The SMILES string of the molecule is C[C@H]1CCCN(CC(=O)Nc2ccccc2C(=O)Nc2ccc(F)cc2)C1. The molecule has 1 heterocycles. The van der Waals surface area contributed by atoms with Crippen LogP contribution < -0.4 is 10.6 Å². The normalized spacial score (nSPS) is 17.3. The van der Waals surface area contributed by atoms with E-state index >= 15 is 0 Å². The number of nitrogens with zero attached hydrogens (tertiary/aromatic N) is 1. The van der Waals surface area contributed by atoms with Gasteiger partial charge in [0.2, 0.25) is 5.91 Å². The Kier molecular flexibility index (Phi) is 6.19. The van der Waals surface area contributed by atoms with Crippen LogP contribution in [0.1, 0.15) is 30.1 Å². The number of likely N-dealkylation sites (tertiary alicyclic amines) is 1. The molecule has 1 aliphatic rings. The smallest absolute Gasteiger partial charge is 0.257 e. The van der Waals surface area contributed by atoms with Gasteiger partial charge in [0, 0.05) is 12.2 Å². The van der Waals surface area contributed by atoms with Crippen LogP contribution in [0, 0.1) is 11.7 Å². The first-order valence-electron chi connectivity index (χ1n) is 9.19. The predicted octanol–water partition coefficient (Wildman–Crippen LogP) is 3.75. The molecule has 1 fully saturated rings. The van der Waals surface area contributed by atoms with Crippen LogP contribution in [-0.4, -0.2) is 36.3 Å². The lowest BCUT2D eigenvalue weighted by Crippen LogP contribution is -2.39. The minimum absolute atomic E-state index is 0.133. The second-order valence-corrected chi connectivity index (χ2v) is 7.04. The van der Waals surface area contributed by atoms with E-state index < -0.39 is 0 Å². The van der Waals surface area contributed by atoms with Crippen molar-refractivity contribution in [1.82, 2.24) is 4.90 Å². The lowest BCUT2D eigenvalue weighted by molar-refractivity contribution is -0.117. The van der Waals surface area contributed by atoms with Gasteiger partial charge < -0.3 is 10.6 Å². The van der Waals surface area contributed by atoms with Crippen molar-refractivity contribution >= 4 is 23.2 Å². The zero-order chi connectivity index (χ0) is 19.2. The zero-order valence-corrected chi connectivity index (χ0v) is 15.4. The number of para-hydroxylation sites is 1. The summed E-state index contributed by atoms with van der Waals surface area (Å²) in [5.74, 6) is -0.261. The van der Waals surface area contributed by atoms with Gasteiger partial charge in [-0.05, 0) is 61.7 Å². The minimum atomic E-state index is -0.368. The highest BCUT2D eigenvalue weighted by molar-refractivity contribution is 6.10. The van der Waals surface area contributed by atoms with Gasteiger partial charge in [0.1, 0.15) is 5.82 Å². The molecule has 2 amide bonds. The van der Waals surface area contributed by atoms with E-state index in [4.69, 9.17) is 0 Å². The second-order valence-electron chi connectivity index (χ2n) is 7.04. The Balaban J connectivity index is 1.65.